The first-order chi connectivity index (χ1) is 12.1. The van der Waals surface area contributed by atoms with Gasteiger partial charge in [-0.25, -0.2) is 4.98 Å². The number of likely N-dealkylation sites (tertiary alicyclic amines) is 1. The van der Waals surface area contributed by atoms with Gasteiger partial charge < -0.3 is 15.2 Å². The first-order valence-corrected chi connectivity index (χ1v) is 8.28. The van der Waals surface area contributed by atoms with E-state index in [-0.39, 0.29) is 11.5 Å². The van der Waals surface area contributed by atoms with E-state index in [4.69, 9.17) is 0 Å². The molecule has 0 radical (unpaired) electrons. The maximum absolute atomic E-state index is 11.2. The molecule has 0 unspecified atom stereocenters. The third kappa shape index (κ3) is 2.94. The molecule has 128 valence electrons. The Hall–Kier alpha value is -2.93. The van der Waals surface area contributed by atoms with Crippen LogP contribution >= 0.6 is 0 Å². The van der Waals surface area contributed by atoms with Crippen molar-refractivity contribution in [2.24, 2.45) is 0 Å². The average Bonchev–Trinajstić information content (AvgIpc) is 3.20. The van der Waals surface area contributed by atoms with Crippen molar-refractivity contribution in [1.82, 2.24) is 14.9 Å². The number of aromatic nitrogens is 2. The molecule has 3 aromatic rings. The number of H-pyrrole nitrogens is 1. The number of nitro groups is 1. The summed E-state index contributed by atoms with van der Waals surface area (Å²) in [7, 11) is 2.14. The van der Waals surface area contributed by atoms with E-state index >= 15 is 0 Å². The number of nitrogens with one attached hydrogen (secondary N) is 2. The lowest BCUT2D eigenvalue weighted by atomic mass is 9.97. The lowest BCUT2D eigenvalue weighted by molar-refractivity contribution is -0.384. The zero-order valence-corrected chi connectivity index (χ0v) is 13.9. The molecule has 1 aliphatic rings. The highest BCUT2D eigenvalue weighted by molar-refractivity contribution is 5.88. The smallest absolute Gasteiger partial charge is 0.311 e. The van der Waals surface area contributed by atoms with Crippen LogP contribution in [0.4, 0.5) is 17.2 Å². The van der Waals surface area contributed by atoms with Gasteiger partial charge in [-0.05, 0) is 55.8 Å². The van der Waals surface area contributed by atoms with Gasteiger partial charge in [0.25, 0.3) is 0 Å². The molecule has 1 saturated heterocycles. The molecule has 0 bridgehead atoms. The fourth-order valence-electron chi connectivity index (χ4n) is 3.52. The molecule has 1 aliphatic heterocycles. The van der Waals surface area contributed by atoms with Crippen LogP contribution in [0.2, 0.25) is 0 Å². The number of hydrogen-bond donors (Lipinski definition) is 2. The van der Waals surface area contributed by atoms with Gasteiger partial charge in [0.15, 0.2) is 0 Å². The average molecular weight is 337 g/mol. The van der Waals surface area contributed by atoms with Gasteiger partial charge in [0.05, 0.1) is 4.92 Å². The van der Waals surface area contributed by atoms with Crippen LogP contribution in [0.15, 0.2) is 42.7 Å². The van der Waals surface area contributed by atoms with Crippen LogP contribution in [-0.4, -0.2) is 39.9 Å². The number of pyridine rings is 1. The second-order valence-electron chi connectivity index (χ2n) is 6.51. The highest BCUT2D eigenvalue weighted by Crippen LogP contribution is 2.34. The standard InChI is InChI=1S/C18H19N5O2/c1-22-8-6-12(11-22)15-10-20-16-5-4-13(9-14(15)16)21-18-17(23(24)25)3-2-7-19-18/h2-5,7,9-10,12,20H,6,8,11H2,1H3,(H,19,21)/t12-/m0/s1. The van der Waals surface area contributed by atoms with Crippen molar-refractivity contribution < 1.29 is 4.92 Å². The van der Waals surface area contributed by atoms with E-state index in [2.05, 4.69) is 33.4 Å². The minimum Gasteiger partial charge on any atom is -0.361 e. The second-order valence-corrected chi connectivity index (χ2v) is 6.51. The third-order valence-electron chi connectivity index (χ3n) is 4.79. The molecule has 1 fully saturated rings. The molecule has 0 amide bonds. The summed E-state index contributed by atoms with van der Waals surface area (Å²) in [4.78, 5) is 20.5. The highest BCUT2D eigenvalue weighted by atomic mass is 16.6. The Morgan fingerprint density at radius 1 is 1.40 bits per heavy atom. The summed E-state index contributed by atoms with van der Waals surface area (Å²) < 4.78 is 0. The molecular formula is C18H19N5O2. The summed E-state index contributed by atoms with van der Waals surface area (Å²) >= 11 is 0. The van der Waals surface area contributed by atoms with Gasteiger partial charge in [-0.2, -0.15) is 0 Å². The SMILES string of the molecule is CN1CC[C@H](c2c[nH]c3ccc(Nc4ncccc4[N+](=O)[O-])cc23)C1. The molecule has 3 heterocycles. The van der Waals surface area contributed by atoms with E-state index in [1.165, 1.54) is 11.6 Å². The number of nitrogens with zero attached hydrogens (tertiary/aromatic N) is 3. The minimum absolute atomic E-state index is 0.0330. The van der Waals surface area contributed by atoms with Gasteiger partial charge in [0.2, 0.25) is 5.82 Å². The van der Waals surface area contributed by atoms with Gasteiger partial charge in [-0.3, -0.25) is 10.1 Å². The number of likely N-dealkylation sites (N-methyl/N-ethyl adjacent to an activating group) is 1. The van der Waals surface area contributed by atoms with Crippen LogP contribution < -0.4 is 5.32 Å². The number of fused-ring (bicyclic) bond motifs is 1. The Balaban J connectivity index is 1.69. The van der Waals surface area contributed by atoms with Crippen LogP contribution in [0.25, 0.3) is 10.9 Å². The zero-order valence-electron chi connectivity index (χ0n) is 13.9. The van der Waals surface area contributed by atoms with Crippen molar-refractivity contribution >= 4 is 28.1 Å². The first-order valence-electron chi connectivity index (χ1n) is 8.28. The molecule has 7 nitrogen and oxygen atoms in total. The van der Waals surface area contributed by atoms with E-state index in [1.807, 2.05) is 18.2 Å². The lowest BCUT2D eigenvalue weighted by Gasteiger charge is -2.10. The molecule has 1 aromatic carbocycles. The van der Waals surface area contributed by atoms with Crippen molar-refractivity contribution in [2.75, 3.05) is 25.5 Å². The first kappa shape index (κ1) is 15.6. The number of benzene rings is 1. The monoisotopic (exact) mass is 337 g/mol. The Labute approximate surface area is 144 Å². The van der Waals surface area contributed by atoms with Gasteiger partial charge in [0, 0.05) is 41.6 Å². The number of hydrogen-bond acceptors (Lipinski definition) is 5. The third-order valence-corrected chi connectivity index (χ3v) is 4.79. The van der Waals surface area contributed by atoms with Crippen LogP contribution in [0.3, 0.4) is 0 Å². The predicted octanol–water partition coefficient (Wildman–Crippen LogP) is 3.63. The quantitative estimate of drug-likeness (QED) is 0.561. The van der Waals surface area contributed by atoms with Crippen LogP contribution in [0.1, 0.15) is 17.9 Å². The molecule has 0 saturated carbocycles. The number of rotatable bonds is 4. The van der Waals surface area contributed by atoms with Gasteiger partial charge >= 0.3 is 5.69 Å². The van der Waals surface area contributed by atoms with Crippen LogP contribution in [-0.2, 0) is 0 Å². The summed E-state index contributed by atoms with van der Waals surface area (Å²) in [6.07, 6.45) is 4.78. The van der Waals surface area contributed by atoms with E-state index in [9.17, 15) is 10.1 Å². The molecule has 4 rings (SSSR count). The highest BCUT2D eigenvalue weighted by Gasteiger charge is 2.23. The van der Waals surface area contributed by atoms with Gasteiger partial charge in [-0.1, -0.05) is 0 Å². The summed E-state index contributed by atoms with van der Waals surface area (Å²) in [5.74, 6) is 0.766. The summed E-state index contributed by atoms with van der Waals surface area (Å²) in [6.45, 7) is 2.16. The second kappa shape index (κ2) is 6.18. The Kier molecular flexibility index (Phi) is 3.85. The summed E-state index contributed by atoms with van der Waals surface area (Å²) in [6, 6.07) is 8.95. The maximum atomic E-state index is 11.2. The molecule has 1 atom stereocenters. The predicted molar refractivity (Wildman–Crippen MR) is 97.3 cm³/mol. The van der Waals surface area contributed by atoms with E-state index in [1.54, 1.807) is 12.3 Å². The van der Waals surface area contributed by atoms with Crippen molar-refractivity contribution in [3.63, 3.8) is 0 Å². The minimum atomic E-state index is -0.427. The van der Waals surface area contributed by atoms with E-state index < -0.39 is 4.92 Å². The Bertz CT molecular complexity index is 936. The number of aromatic amines is 1. The molecule has 2 aromatic heterocycles. The van der Waals surface area contributed by atoms with Crippen molar-refractivity contribution in [3.05, 3.63) is 58.4 Å². The normalized spacial score (nSPS) is 17.9. The van der Waals surface area contributed by atoms with E-state index in [0.717, 1.165) is 36.1 Å². The van der Waals surface area contributed by atoms with Crippen LogP contribution in [0.5, 0.6) is 0 Å². The maximum Gasteiger partial charge on any atom is 0.311 e. The van der Waals surface area contributed by atoms with Crippen molar-refractivity contribution in [3.8, 4) is 0 Å². The fourth-order valence-corrected chi connectivity index (χ4v) is 3.52. The summed E-state index contributed by atoms with van der Waals surface area (Å²) in [5.41, 5.74) is 3.14. The van der Waals surface area contributed by atoms with Gasteiger partial charge in [-0.15, -0.1) is 0 Å². The topological polar surface area (TPSA) is 87.1 Å². The van der Waals surface area contributed by atoms with Crippen LogP contribution in [0, 0.1) is 10.1 Å². The molecule has 2 N–H and O–H groups in total. The molecule has 7 heteroatoms. The Morgan fingerprint density at radius 3 is 3.04 bits per heavy atom. The van der Waals surface area contributed by atoms with Gasteiger partial charge in [0.1, 0.15) is 0 Å². The molecule has 0 spiro atoms. The largest absolute Gasteiger partial charge is 0.361 e. The van der Waals surface area contributed by atoms with Crippen molar-refractivity contribution in [2.45, 2.75) is 12.3 Å². The number of anilines is 2. The summed E-state index contributed by atoms with van der Waals surface area (Å²) in [5, 5.41) is 15.4. The molecular weight excluding hydrogens is 318 g/mol. The molecule has 25 heavy (non-hydrogen) atoms. The molecule has 0 aliphatic carbocycles. The van der Waals surface area contributed by atoms with E-state index in [0.29, 0.717) is 5.92 Å². The van der Waals surface area contributed by atoms with Crippen molar-refractivity contribution in [1.29, 1.82) is 0 Å². The lowest BCUT2D eigenvalue weighted by Crippen LogP contribution is -2.13. The Morgan fingerprint density at radius 2 is 2.28 bits per heavy atom. The fraction of sp³-hybridized carbons (Fsp3) is 0.278. The zero-order chi connectivity index (χ0) is 17.4.